The summed E-state index contributed by atoms with van der Waals surface area (Å²) in [5.41, 5.74) is 1.51. The Morgan fingerprint density at radius 2 is 1.89 bits per heavy atom. The van der Waals surface area contributed by atoms with Crippen molar-refractivity contribution >= 4 is 28.8 Å². The van der Waals surface area contributed by atoms with Crippen LogP contribution >= 0.6 is 11.3 Å². The van der Waals surface area contributed by atoms with E-state index >= 15 is 0 Å². The Balaban J connectivity index is 1.43. The zero-order valence-electron chi connectivity index (χ0n) is 20.9. The van der Waals surface area contributed by atoms with Crippen molar-refractivity contribution in [3.8, 4) is 22.2 Å². The van der Waals surface area contributed by atoms with Gasteiger partial charge in [-0.15, -0.1) is 21.5 Å². The van der Waals surface area contributed by atoms with Gasteiger partial charge in [0.25, 0.3) is 5.91 Å². The average Bonchev–Trinajstić information content (AvgIpc) is 3.64. The van der Waals surface area contributed by atoms with Crippen molar-refractivity contribution in [1.82, 2.24) is 25.5 Å². The molecule has 1 N–H and O–H groups in total. The summed E-state index contributed by atoms with van der Waals surface area (Å²) in [6.45, 7) is 3.03. The predicted octanol–water partition coefficient (Wildman–Crippen LogP) is 3.69. The molecule has 10 nitrogen and oxygen atoms in total. The molecular weight excluding hydrogens is 504 g/mol. The van der Waals surface area contributed by atoms with E-state index in [0.29, 0.717) is 55.6 Å². The predicted molar refractivity (Wildman–Crippen MR) is 143 cm³/mol. The molecule has 2 aromatic heterocycles. The number of nitrogens with one attached hydrogen (secondary N) is 1. The molecule has 4 aromatic rings. The molecule has 2 amide bonds. The number of carbonyl (C=O) groups is 2. The number of benzene rings is 2. The molecule has 0 saturated carbocycles. The smallest absolute Gasteiger partial charge is 0.251 e. The van der Waals surface area contributed by atoms with E-state index in [9.17, 15) is 9.59 Å². The van der Waals surface area contributed by atoms with Gasteiger partial charge in [0, 0.05) is 18.3 Å². The van der Waals surface area contributed by atoms with Crippen molar-refractivity contribution in [2.24, 2.45) is 0 Å². The fraction of sp³-hybridized carbons (Fsp3) is 0.296. The molecule has 3 heterocycles. The van der Waals surface area contributed by atoms with Gasteiger partial charge in [-0.25, -0.2) is 0 Å². The Hall–Kier alpha value is -4.25. The van der Waals surface area contributed by atoms with Crippen molar-refractivity contribution < 1.29 is 19.1 Å². The minimum atomic E-state index is -0.751. The second-order valence-electron chi connectivity index (χ2n) is 8.72. The molecule has 0 fully saturated rings. The van der Waals surface area contributed by atoms with Crippen molar-refractivity contribution in [1.29, 1.82) is 0 Å². The van der Waals surface area contributed by atoms with Gasteiger partial charge in [0.05, 0.1) is 4.88 Å². The van der Waals surface area contributed by atoms with Crippen LogP contribution < -0.4 is 19.7 Å². The molecule has 1 aliphatic rings. The molecule has 1 aliphatic heterocycles. The summed E-state index contributed by atoms with van der Waals surface area (Å²) in [5, 5.41) is 17.5. The molecular formula is C27H28N6O4S. The summed E-state index contributed by atoms with van der Waals surface area (Å²) in [6.07, 6.45) is 1.16. The molecule has 0 radical (unpaired) electrons. The number of rotatable bonds is 10. The van der Waals surface area contributed by atoms with Crippen molar-refractivity contribution in [3.05, 3.63) is 71.6 Å². The molecule has 196 valence electrons. The van der Waals surface area contributed by atoms with Gasteiger partial charge in [0.1, 0.15) is 25.8 Å². The van der Waals surface area contributed by atoms with Gasteiger partial charge in [-0.05, 0) is 40.8 Å². The summed E-state index contributed by atoms with van der Waals surface area (Å²) in [7, 11) is 0. The number of hydrogen-bond acceptors (Lipinski definition) is 8. The number of thiophene rings is 1. The highest BCUT2D eigenvalue weighted by Crippen LogP contribution is 2.35. The first kappa shape index (κ1) is 25.4. The highest BCUT2D eigenvalue weighted by Gasteiger charge is 2.32. The molecule has 38 heavy (non-hydrogen) atoms. The molecule has 1 atom stereocenters. The minimum absolute atomic E-state index is 0.182. The summed E-state index contributed by atoms with van der Waals surface area (Å²) >= 11 is 1.49. The first-order chi connectivity index (χ1) is 18.6. The van der Waals surface area contributed by atoms with Gasteiger partial charge in [-0.1, -0.05) is 49.7 Å². The zero-order chi connectivity index (χ0) is 26.3. The van der Waals surface area contributed by atoms with E-state index in [1.165, 1.54) is 21.0 Å². The first-order valence-corrected chi connectivity index (χ1v) is 13.4. The lowest BCUT2D eigenvalue weighted by atomic mass is 10.1. The quantitative estimate of drug-likeness (QED) is 0.332. The van der Waals surface area contributed by atoms with E-state index in [1.807, 2.05) is 54.8 Å². The van der Waals surface area contributed by atoms with Crippen LogP contribution in [0.15, 0.2) is 66.0 Å². The molecule has 0 aliphatic carbocycles. The molecule has 0 unspecified atom stereocenters. The number of hydrogen-bond donors (Lipinski definition) is 1. The Bertz CT molecular complexity index is 1380. The first-order valence-electron chi connectivity index (χ1n) is 12.5. The van der Waals surface area contributed by atoms with Crippen LogP contribution in [0, 0.1) is 0 Å². The van der Waals surface area contributed by atoms with Gasteiger partial charge in [-0.3, -0.25) is 14.5 Å². The van der Waals surface area contributed by atoms with Crippen LogP contribution in [0.3, 0.4) is 0 Å². The summed E-state index contributed by atoms with van der Waals surface area (Å²) < 4.78 is 11.4. The minimum Gasteiger partial charge on any atom is -0.486 e. The van der Waals surface area contributed by atoms with E-state index in [4.69, 9.17) is 9.47 Å². The third kappa shape index (κ3) is 5.83. The monoisotopic (exact) mass is 532 g/mol. The lowest BCUT2D eigenvalue weighted by molar-refractivity contribution is -0.127. The van der Waals surface area contributed by atoms with E-state index < -0.39 is 6.04 Å². The Labute approximate surface area is 224 Å². The van der Waals surface area contributed by atoms with Crippen LogP contribution in [0.5, 0.6) is 11.5 Å². The fourth-order valence-corrected chi connectivity index (χ4v) is 4.89. The molecule has 2 aromatic carbocycles. The van der Waals surface area contributed by atoms with Crippen molar-refractivity contribution in [2.45, 2.75) is 38.9 Å². The highest BCUT2D eigenvalue weighted by atomic mass is 32.1. The SMILES string of the molecule is CCC[C@@H](C(=O)NCc1ccccc1)N(C(=O)Cn1nnc(-c2cccs2)n1)c1ccc2c(c1)OCCO2. The summed E-state index contributed by atoms with van der Waals surface area (Å²) in [5.74, 6) is 0.996. The zero-order valence-corrected chi connectivity index (χ0v) is 21.8. The lowest BCUT2D eigenvalue weighted by Crippen LogP contribution is -2.51. The van der Waals surface area contributed by atoms with Gasteiger partial charge in [0.15, 0.2) is 11.5 Å². The van der Waals surface area contributed by atoms with E-state index in [0.717, 1.165) is 10.4 Å². The molecule has 0 spiro atoms. The van der Waals surface area contributed by atoms with Crippen LogP contribution in [0.1, 0.15) is 25.3 Å². The number of aromatic nitrogens is 4. The maximum absolute atomic E-state index is 13.8. The molecule has 5 rings (SSSR count). The number of fused-ring (bicyclic) bond motifs is 1. The number of anilines is 1. The highest BCUT2D eigenvalue weighted by molar-refractivity contribution is 7.13. The maximum atomic E-state index is 13.8. The Kier molecular flexibility index (Phi) is 7.93. The van der Waals surface area contributed by atoms with Crippen LogP contribution in [0.25, 0.3) is 10.7 Å². The lowest BCUT2D eigenvalue weighted by Gasteiger charge is -2.32. The summed E-state index contributed by atoms with van der Waals surface area (Å²) in [4.78, 5) is 31.0. The largest absolute Gasteiger partial charge is 0.486 e. The number of amides is 2. The van der Waals surface area contributed by atoms with Gasteiger partial charge >= 0.3 is 0 Å². The van der Waals surface area contributed by atoms with Crippen LogP contribution in [0.4, 0.5) is 5.69 Å². The second-order valence-corrected chi connectivity index (χ2v) is 9.67. The normalized spacial score (nSPS) is 13.1. The van der Waals surface area contributed by atoms with Crippen LogP contribution in [-0.2, 0) is 22.7 Å². The summed E-state index contributed by atoms with van der Waals surface area (Å²) in [6, 6.07) is 18.0. The van der Waals surface area contributed by atoms with E-state index in [2.05, 4.69) is 20.7 Å². The van der Waals surface area contributed by atoms with Crippen LogP contribution in [-0.4, -0.2) is 51.3 Å². The topological polar surface area (TPSA) is 111 Å². The third-order valence-corrected chi connectivity index (χ3v) is 6.90. The molecule has 11 heteroatoms. The maximum Gasteiger partial charge on any atom is 0.251 e. The van der Waals surface area contributed by atoms with E-state index in [1.54, 1.807) is 18.2 Å². The standard InChI is InChI=1S/C27H28N6O4S/c1-2-7-21(27(35)28-17-19-8-4-3-5-9-19)33(20-11-12-22-23(16-20)37-14-13-36-22)25(34)18-32-30-26(29-31-32)24-10-6-15-38-24/h3-6,8-12,15-16,21H,2,7,13-14,17-18H2,1H3,(H,28,35)/t21-/m0/s1. The number of nitrogens with zero attached hydrogens (tertiary/aromatic N) is 5. The third-order valence-electron chi connectivity index (χ3n) is 6.03. The van der Waals surface area contributed by atoms with Gasteiger partial charge in [-0.2, -0.15) is 4.80 Å². The fourth-order valence-electron chi connectivity index (χ4n) is 4.25. The van der Waals surface area contributed by atoms with E-state index in [-0.39, 0.29) is 18.4 Å². The Morgan fingerprint density at radius 3 is 2.66 bits per heavy atom. The van der Waals surface area contributed by atoms with Crippen molar-refractivity contribution in [2.75, 3.05) is 18.1 Å². The van der Waals surface area contributed by atoms with Gasteiger partial charge < -0.3 is 14.8 Å². The second kappa shape index (κ2) is 11.9. The molecule has 0 bridgehead atoms. The van der Waals surface area contributed by atoms with Crippen LogP contribution in [0.2, 0.25) is 0 Å². The Morgan fingerprint density at radius 1 is 1.08 bits per heavy atom. The average molecular weight is 533 g/mol. The van der Waals surface area contributed by atoms with Gasteiger partial charge in [0.2, 0.25) is 11.7 Å². The van der Waals surface area contributed by atoms with Crippen molar-refractivity contribution in [3.63, 3.8) is 0 Å². The number of carbonyl (C=O) groups excluding carboxylic acids is 2. The number of tetrazole rings is 1. The molecule has 0 saturated heterocycles. The number of ether oxygens (including phenoxy) is 2.